The third-order valence-electron chi connectivity index (χ3n) is 4.21. The van der Waals surface area contributed by atoms with E-state index in [9.17, 15) is 5.11 Å². The first-order valence-corrected chi connectivity index (χ1v) is 7.09. The van der Waals surface area contributed by atoms with E-state index in [-0.39, 0.29) is 12.1 Å². The lowest BCUT2D eigenvalue weighted by atomic mass is 10.0. The highest BCUT2D eigenvalue weighted by Gasteiger charge is 2.27. The first kappa shape index (κ1) is 11.9. The molecule has 0 unspecified atom stereocenters. The van der Waals surface area contributed by atoms with Gasteiger partial charge in [0.2, 0.25) is 0 Å². The van der Waals surface area contributed by atoms with E-state index in [0.717, 1.165) is 29.5 Å². The van der Waals surface area contributed by atoms with Crippen LogP contribution in [0.1, 0.15) is 12.5 Å². The summed E-state index contributed by atoms with van der Waals surface area (Å²) in [5, 5.41) is 16.0. The number of nitrogens with zero attached hydrogens (tertiary/aromatic N) is 2. The van der Waals surface area contributed by atoms with Crippen LogP contribution in [0.5, 0.6) is 0 Å². The molecule has 4 heteroatoms. The lowest BCUT2D eigenvalue weighted by Crippen LogP contribution is -2.41. The maximum atomic E-state index is 10.3. The number of benzene rings is 1. The summed E-state index contributed by atoms with van der Waals surface area (Å²) in [5.74, 6) is 0. The number of fused-ring (bicyclic) bond motifs is 3. The molecule has 0 bridgehead atoms. The van der Waals surface area contributed by atoms with Gasteiger partial charge in [0.1, 0.15) is 5.65 Å². The van der Waals surface area contributed by atoms with Crippen LogP contribution in [0.4, 0.5) is 0 Å². The first-order valence-electron chi connectivity index (χ1n) is 7.09. The number of aliphatic hydroxyl groups is 1. The van der Waals surface area contributed by atoms with Gasteiger partial charge in [-0.2, -0.15) is 0 Å². The van der Waals surface area contributed by atoms with Crippen LogP contribution in [-0.2, 0) is 0 Å². The molecule has 1 aromatic carbocycles. The van der Waals surface area contributed by atoms with Gasteiger partial charge in [-0.1, -0.05) is 18.2 Å². The van der Waals surface area contributed by atoms with Crippen molar-refractivity contribution in [1.82, 2.24) is 14.9 Å². The SMILES string of the molecule is O[C@H]1CNCC[C@@H]1n1c2ccccc2c2cccnc21. The molecule has 0 amide bonds. The summed E-state index contributed by atoms with van der Waals surface area (Å²) in [7, 11) is 0. The summed E-state index contributed by atoms with van der Waals surface area (Å²) >= 11 is 0. The van der Waals surface area contributed by atoms with Gasteiger partial charge < -0.3 is 15.0 Å². The molecule has 2 aromatic heterocycles. The molecule has 102 valence electrons. The van der Waals surface area contributed by atoms with Crippen molar-refractivity contribution >= 4 is 21.9 Å². The number of aromatic nitrogens is 2. The molecule has 1 saturated heterocycles. The Morgan fingerprint density at radius 1 is 1.15 bits per heavy atom. The highest BCUT2D eigenvalue weighted by Crippen LogP contribution is 2.33. The minimum atomic E-state index is -0.371. The molecular formula is C16H17N3O. The van der Waals surface area contributed by atoms with E-state index < -0.39 is 0 Å². The number of rotatable bonds is 1. The van der Waals surface area contributed by atoms with Crippen LogP contribution in [0, 0.1) is 0 Å². The number of β-amino-alcohol motifs (C(OH)–C–C–N with tert-alkyl or cyclic N) is 1. The van der Waals surface area contributed by atoms with E-state index in [1.54, 1.807) is 0 Å². The quantitative estimate of drug-likeness (QED) is 0.710. The summed E-state index contributed by atoms with van der Waals surface area (Å²) < 4.78 is 2.22. The van der Waals surface area contributed by atoms with Gasteiger partial charge in [-0.25, -0.2) is 4.98 Å². The monoisotopic (exact) mass is 267 g/mol. The third kappa shape index (κ3) is 1.65. The largest absolute Gasteiger partial charge is 0.390 e. The molecule has 0 radical (unpaired) electrons. The minimum absolute atomic E-state index is 0.0913. The fraction of sp³-hybridized carbons (Fsp3) is 0.312. The van der Waals surface area contributed by atoms with Gasteiger partial charge in [0.15, 0.2) is 0 Å². The van der Waals surface area contributed by atoms with Crippen LogP contribution < -0.4 is 5.32 Å². The van der Waals surface area contributed by atoms with Crippen molar-refractivity contribution in [2.45, 2.75) is 18.6 Å². The van der Waals surface area contributed by atoms with Gasteiger partial charge in [0, 0.05) is 23.5 Å². The van der Waals surface area contributed by atoms with E-state index in [0.29, 0.717) is 6.54 Å². The molecule has 20 heavy (non-hydrogen) atoms. The molecule has 2 N–H and O–H groups in total. The molecule has 3 heterocycles. The fourth-order valence-electron chi connectivity index (χ4n) is 3.29. The molecular weight excluding hydrogens is 250 g/mol. The summed E-state index contributed by atoms with van der Waals surface area (Å²) in [6.07, 6.45) is 2.38. The Morgan fingerprint density at radius 2 is 2.00 bits per heavy atom. The van der Waals surface area contributed by atoms with Crippen molar-refractivity contribution in [2.24, 2.45) is 0 Å². The Bertz CT molecular complexity index is 711. The van der Waals surface area contributed by atoms with Gasteiger partial charge in [0.25, 0.3) is 0 Å². The summed E-state index contributed by atoms with van der Waals surface area (Å²) in [6, 6.07) is 12.5. The van der Waals surface area contributed by atoms with E-state index in [1.165, 1.54) is 5.39 Å². The van der Waals surface area contributed by atoms with Crippen molar-refractivity contribution in [1.29, 1.82) is 0 Å². The molecule has 2 atom stereocenters. The van der Waals surface area contributed by atoms with Crippen molar-refractivity contribution in [2.75, 3.05) is 13.1 Å². The van der Waals surface area contributed by atoms with Gasteiger partial charge in [-0.3, -0.25) is 0 Å². The predicted molar refractivity (Wildman–Crippen MR) is 79.8 cm³/mol. The van der Waals surface area contributed by atoms with Gasteiger partial charge in [-0.05, 0) is 31.2 Å². The maximum absolute atomic E-state index is 10.3. The summed E-state index contributed by atoms with van der Waals surface area (Å²) in [5.41, 5.74) is 2.13. The molecule has 1 fully saturated rings. The Kier molecular flexibility index (Phi) is 2.72. The second kappa shape index (κ2) is 4.58. The number of aliphatic hydroxyl groups excluding tert-OH is 1. The Balaban J connectivity index is 2.04. The van der Waals surface area contributed by atoms with Crippen molar-refractivity contribution in [3.8, 4) is 0 Å². The lowest BCUT2D eigenvalue weighted by molar-refractivity contribution is 0.0910. The van der Waals surface area contributed by atoms with Crippen molar-refractivity contribution in [3.63, 3.8) is 0 Å². The molecule has 1 aliphatic rings. The number of hydrogen-bond donors (Lipinski definition) is 2. The van der Waals surface area contributed by atoms with Crippen LogP contribution >= 0.6 is 0 Å². The zero-order valence-corrected chi connectivity index (χ0v) is 11.2. The first-order chi connectivity index (χ1) is 9.86. The molecule has 0 saturated carbocycles. The van der Waals surface area contributed by atoms with Crippen LogP contribution in [0.2, 0.25) is 0 Å². The Hall–Kier alpha value is -1.91. The van der Waals surface area contributed by atoms with E-state index in [4.69, 9.17) is 0 Å². The van der Waals surface area contributed by atoms with Gasteiger partial charge >= 0.3 is 0 Å². The number of piperidine rings is 1. The zero-order valence-electron chi connectivity index (χ0n) is 11.2. The topological polar surface area (TPSA) is 50.1 Å². The summed E-state index contributed by atoms with van der Waals surface area (Å²) in [4.78, 5) is 4.56. The average Bonchev–Trinajstić information content (AvgIpc) is 2.83. The smallest absolute Gasteiger partial charge is 0.141 e. The highest BCUT2D eigenvalue weighted by atomic mass is 16.3. The van der Waals surface area contributed by atoms with E-state index in [2.05, 4.69) is 39.1 Å². The van der Waals surface area contributed by atoms with Crippen molar-refractivity contribution < 1.29 is 5.11 Å². The highest BCUT2D eigenvalue weighted by molar-refractivity contribution is 6.06. The number of nitrogens with one attached hydrogen (secondary N) is 1. The number of hydrogen-bond acceptors (Lipinski definition) is 3. The van der Waals surface area contributed by atoms with Crippen LogP contribution in [0.15, 0.2) is 42.6 Å². The standard InChI is InChI=1S/C16H17N3O/c20-15-10-17-9-7-14(15)19-13-6-2-1-4-11(13)12-5-3-8-18-16(12)19/h1-6,8,14-15,17,20H,7,9-10H2/t14-,15-/m0/s1. The molecule has 4 rings (SSSR count). The second-order valence-electron chi connectivity index (χ2n) is 5.39. The molecule has 0 aliphatic carbocycles. The lowest BCUT2D eigenvalue weighted by Gasteiger charge is -2.30. The van der Waals surface area contributed by atoms with Crippen LogP contribution in [0.3, 0.4) is 0 Å². The molecule has 3 aromatic rings. The normalized spacial score (nSPS) is 23.4. The van der Waals surface area contributed by atoms with Gasteiger partial charge in [-0.15, -0.1) is 0 Å². The minimum Gasteiger partial charge on any atom is -0.390 e. The Labute approximate surface area is 117 Å². The van der Waals surface area contributed by atoms with Gasteiger partial charge in [0.05, 0.1) is 17.7 Å². The maximum Gasteiger partial charge on any atom is 0.141 e. The predicted octanol–water partition coefficient (Wildman–Crippen LogP) is 2.08. The zero-order chi connectivity index (χ0) is 13.5. The van der Waals surface area contributed by atoms with Crippen LogP contribution in [0.25, 0.3) is 21.9 Å². The summed E-state index contributed by atoms with van der Waals surface area (Å²) in [6.45, 7) is 1.58. The van der Waals surface area contributed by atoms with E-state index >= 15 is 0 Å². The molecule has 4 nitrogen and oxygen atoms in total. The number of para-hydroxylation sites is 1. The average molecular weight is 267 g/mol. The second-order valence-corrected chi connectivity index (χ2v) is 5.39. The van der Waals surface area contributed by atoms with E-state index in [1.807, 2.05) is 18.3 Å². The Morgan fingerprint density at radius 3 is 2.90 bits per heavy atom. The van der Waals surface area contributed by atoms with Crippen molar-refractivity contribution in [3.05, 3.63) is 42.6 Å². The fourth-order valence-corrected chi connectivity index (χ4v) is 3.29. The molecule has 1 aliphatic heterocycles. The third-order valence-corrected chi connectivity index (χ3v) is 4.21. The van der Waals surface area contributed by atoms with Crippen LogP contribution in [-0.4, -0.2) is 33.9 Å². The molecule has 0 spiro atoms. The number of pyridine rings is 1.